The second kappa shape index (κ2) is 7.15. The van der Waals surface area contributed by atoms with Crippen molar-refractivity contribution in [2.45, 2.75) is 13.0 Å². The van der Waals surface area contributed by atoms with Crippen LogP contribution in [0, 0.1) is 0 Å². The van der Waals surface area contributed by atoms with E-state index >= 15 is 0 Å². The summed E-state index contributed by atoms with van der Waals surface area (Å²) in [5.74, 6) is -0.770. The molecular weight excluding hydrogens is 390 g/mol. The second-order valence-electron chi connectivity index (χ2n) is 5.17. The van der Waals surface area contributed by atoms with Gasteiger partial charge in [-0.3, -0.25) is 4.79 Å². The summed E-state index contributed by atoms with van der Waals surface area (Å²) < 4.78 is 6.20. The fourth-order valence-electron chi connectivity index (χ4n) is 2.33. The van der Waals surface area contributed by atoms with Crippen LogP contribution >= 0.6 is 27.3 Å². The number of para-hydroxylation sites is 1. The van der Waals surface area contributed by atoms with Crippen LogP contribution in [0.15, 0.2) is 52.5 Å². The number of nitrogens with one attached hydrogen (secondary N) is 1. The molecule has 0 aliphatic heterocycles. The minimum Gasteiger partial charge on any atom is -0.451 e. The predicted molar refractivity (Wildman–Crippen MR) is 99.2 cm³/mol. The Kier molecular flexibility index (Phi) is 4.97. The molecule has 2 aromatic heterocycles. The lowest BCUT2D eigenvalue weighted by atomic mass is 10.1. The van der Waals surface area contributed by atoms with E-state index in [2.05, 4.69) is 20.9 Å². The van der Waals surface area contributed by atoms with Crippen LogP contribution in [0.5, 0.6) is 0 Å². The Morgan fingerprint density at radius 3 is 2.79 bits per heavy atom. The zero-order valence-corrected chi connectivity index (χ0v) is 15.2. The van der Waals surface area contributed by atoms with Crippen molar-refractivity contribution >= 4 is 56.0 Å². The van der Waals surface area contributed by atoms with Gasteiger partial charge in [-0.15, -0.1) is 11.3 Å². The Labute approximate surface area is 151 Å². The number of Topliss-reactive ketones (excluding diaryl/α,β-unsaturated/α-hetero) is 1. The number of hydrogen-bond donors (Lipinski definition) is 1. The maximum atomic E-state index is 12.5. The highest BCUT2D eigenvalue weighted by atomic mass is 79.9. The highest BCUT2D eigenvalue weighted by molar-refractivity contribution is 9.11. The Morgan fingerprint density at radius 1 is 1.25 bits per heavy atom. The molecule has 0 aliphatic carbocycles. The van der Waals surface area contributed by atoms with Gasteiger partial charge in [-0.25, -0.2) is 4.79 Å². The molecule has 0 unspecified atom stereocenters. The van der Waals surface area contributed by atoms with Gasteiger partial charge in [0.1, 0.15) is 0 Å². The topological polar surface area (TPSA) is 59.2 Å². The maximum Gasteiger partial charge on any atom is 0.331 e. The minimum absolute atomic E-state index is 0.229. The molecule has 0 saturated carbocycles. The molecule has 122 valence electrons. The Balaban J connectivity index is 1.67. The number of carbonyl (C=O) groups excluding carboxylic acids is 2. The number of carbonyl (C=O) groups is 2. The van der Waals surface area contributed by atoms with Gasteiger partial charge < -0.3 is 9.72 Å². The normalized spacial score (nSPS) is 12.6. The molecule has 0 bridgehead atoms. The summed E-state index contributed by atoms with van der Waals surface area (Å²) in [4.78, 5) is 28.4. The second-order valence-corrected chi connectivity index (χ2v) is 7.66. The average Bonchev–Trinajstić information content (AvgIpc) is 3.18. The first-order valence-corrected chi connectivity index (χ1v) is 8.90. The number of hydrogen-bond acceptors (Lipinski definition) is 4. The van der Waals surface area contributed by atoms with Gasteiger partial charge in [-0.2, -0.15) is 0 Å². The van der Waals surface area contributed by atoms with Crippen LogP contribution in [0.2, 0.25) is 0 Å². The predicted octanol–water partition coefficient (Wildman–Crippen LogP) is 4.82. The van der Waals surface area contributed by atoms with E-state index in [1.807, 2.05) is 36.4 Å². The Bertz CT molecular complexity index is 925. The number of benzene rings is 1. The van der Waals surface area contributed by atoms with Crippen molar-refractivity contribution in [1.29, 1.82) is 0 Å². The SMILES string of the molecule is C[C@@H](OC(=O)/C=C/c1ccc(Br)s1)C(=O)c1c[nH]c2ccccc12. The molecule has 0 amide bonds. The van der Waals surface area contributed by atoms with Gasteiger partial charge in [0.25, 0.3) is 0 Å². The van der Waals surface area contributed by atoms with E-state index in [1.54, 1.807) is 19.2 Å². The highest BCUT2D eigenvalue weighted by Crippen LogP contribution is 2.23. The lowest BCUT2D eigenvalue weighted by Crippen LogP contribution is -2.23. The van der Waals surface area contributed by atoms with Crippen molar-refractivity contribution in [3.63, 3.8) is 0 Å². The summed E-state index contributed by atoms with van der Waals surface area (Å²) in [6, 6.07) is 11.3. The molecule has 1 N–H and O–H groups in total. The van der Waals surface area contributed by atoms with Gasteiger partial charge in [-0.05, 0) is 47.1 Å². The van der Waals surface area contributed by atoms with E-state index in [1.165, 1.54) is 17.4 Å². The van der Waals surface area contributed by atoms with E-state index in [-0.39, 0.29) is 5.78 Å². The molecular formula is C18H14BrNO3S. The number of aromatic amines is 1. The quantitative estimate of drug-likeness (QED) is 0.377. The zero-order chi connectivity index (χ0) is 17.1. The third-order valence-electron chi connectivity index (χ3n) is 3.49. The smallest absolute Gasteiger partial charge is 0.331 e. The van der Waals surface area contributed by atoms with Crippen LogP contribution in [-0.4, -0.2) is 22.8 Å². The largest absolute Gasteiger partial charge is 0.451 e. The summed E-state index contributed by atoms with van der Waals surface area (Å²) in [5, 5.41) is 0.823. The molecule has 1 aromatic carbocycles. The van der Waals surface area contributed by atoms with E-state index in [9.17, 15) is 9.59 Å². The number of halogens is 1. The Morgan fingerprint density at radius 2 is 2.04 bits per heavy atom. The molecule has 1 atom stereocenters. The molecule has 3 aromatic rings. The molecule has 0 fully saturated rings. The van der Waals surface area contributed by atoms with Gasteiger partial charge in [0.15, 0.2) is 6.10 Å². The summed E-state index contributed by atoms with van der Waals surface area (Å²) in [7, 11) is 0. The van der Waals surface area contributed by atoms with Crippen molar-refractivity contribution in [2.75, 3.05) is 0 Å². The number of thiophene rings is 1. The van der Waals surface area contributed by atoms with E-state index in [0.717, 1.165) is 19.6 Å². The van der Waals surface area contributed by atoms with Gasteiger partial charge in [0, 0.05) is 33.6 Å². The first-order valence-electron chi connectivity index (χ1n) is 7.29. The van der Waals surface area contributed by atoms with Crippen molar-refractivity contribution < 1.29 is 14.3 Å². The summed E-state index contributed by atoms with van der Waals surface area (Å²) in [6.07, 6.45) is 3.80. The third-order valence-corrected chi connectivity index (χ3v) is 5.08. The van der Waals surface area contributed by atoms with Crippen LogP contribution in [-0.2, 0) is 9.53 Å². The van der Waals surface area contributed by atoms with Crippen LogP contribution < -0.4 is 0 Å². The molecule has 0 radical (unpaired) electrons. The minimum atomic E-state index is -0.851. The lowest BCUT2D eigenvalue weighted by molar-refractivity contribution is -0.140. The molecule has 4 nitrogen and oxygen atoms in total. The molecule has 2 heterocycles. The number of H-pyrrole nitrogens is 1. The van der Waals surface area contributed by atoms with Crippen LogP contribution in [0.25, 0.3) is 17.0 Å². The molecule has 0 spiro atoms. The van der Waals surface area contributed by atoms with Gasteiger partial charge in [0.2, 0.25) is 5.78 Å². The maximum absolute atomic E-state index is 12.5. The number of esters is 1. The van der Waals surface area contributed by atoms with E-state index < -0.39 is 12.1 Å². The van der Waals surface area contributed by atoms with Crippen molar-refractivity contribution in [3.05, 3.63) is 62.9 Å². The average molecular weight is 404 g/mol. The van der Waals surface area contributed by atoms with Crippen molar-refractivity contribution in [3.8, 4) is 0 Å². The molecule has 6 heteroatoms. The fourth-order valence-corrected chi connectivity index (χ4v) is 3.66. The number of ketones is 1. The monoisotopic (exact) mass is 403 g/mol. The van der Waals surface area contributed by atoms with Gasteiger partial charge in [-0.1, -0.05) is 18.2 Å². The summed E-state index contributed by atoms with van der Waals surface area (Å²) in [6.45, 7) is 1.58. The molecule has 3 rings (SSSR count). The molecule has 24 heavy (non-hydrogen) atoms. The van der Waals surface area contributed by atoms with E-state index in [0.29, 0.717) is 5.56 Å². The third kappa shape index (κ3) is 3.66. The number of fused-ring (bicyclic) bond motifs is 1. The first-order chi connectivity index (χ1) is 11.5. The number of aromatic nitrogens is 1. The summed E-state index contributed by atoms with van der Waals surface area (Å²) >= 11 is 4.87. The zero-order valence-electron chi connectivity index (χ0n) is 12.8. The van der Waals surface area contributed by atoms with Crippen LogP contribution in [0.4, 0.5) is 0 Å². The van der Waals surface area contributed by atoms with Gasteiger partial charge in [0.05, 0.1) is 3.79 Å². The number of rotatable bonds is 5. The van der Waals surface area contributed by atoms with Crippen LogP contribution in [0.1, 0.15) is 22.2 Å². The van der Waals surface area contributed by atoms with Crippen molar-refractivity contribution in [2.24, 2.45) is 0 Å². The number of ether oxygens (including phenoxy) is 1. The molecule has 0 aliphatic rings. The van der Waals surface area contributed by atoms with Gasteiger partial charge >= 0.3 is 5.97 Å². The van der Waals surface area contributed by atoms with E-state index in [4.69, 9.17) is 4.74 Å². The summed E-state index contributed by atoms with van der Waals surface area (Å²) in [5.41, 5.74) is 1.40. The van der Waals surface area contributed by atoms with Crippen LogP contribution in [0.3, 0.4) is 0 Å². The fraction of sp³-hybridized carbons (Fsp3) is 0.111. The Hall–Kier alpha value is -2.18. The molecule has 0 saturated heterocycles. The first kappa shape index (κ1) is 16.7. The highest BCUT2D eigenvalue weighted by Gasteiger charge is 2.21. The standard InChI is InChI=1S/C18H14BrNO3S/c1-11(23-17(21)9-7-12-6-8-16(19)24-12)18(22)14-10-20-15-5-3-2-4-13(14)15/h2-11,20H,1H3/b9-7+/t11-/m1/s1. The van der Waals surface area contributed by atoms with Crippen molar-refractivity contribution in [1.82, 2.24) is 4.98 Å². The lowest BCUT2D eigenvalue weighted by Gasteiger charge is -2.10.